The molecule has 0 unspecified atom stereocenters. The second-order valence-corrected chi connectivity index (χ2v) is 5.98. The van der Waals surface area contributed by atoms with Gasteiger partial charge in [0, 0.05) is 0 Å². The molecule has 0 fully saturated rings. The van der Waals surface area contributed by atoms with Crippen molar-refractivity contribution >= 4 is 28.1 Å². The maximum Gasteiger partial charge on any atom is 0.514 e. The predicted molar refractivity (Wildman–Crippen MR) is 77.1 cm³/mol. The molecular formula is C14H17BrO5. The summed E-state index contributed by atoms with van der Waals surface area (Å²) in [5, 5.41) is 0. The van der Waals surface area contributed by atoms with Gasteiger partial charge in [0.2, 0.25) is 0 Å². The van der Waals surface area contributed by atoms with Crippen molar-refractivity contribution < 1.29 is 23.8 Å². The molecule has 0 saturated heterocycles. The van der Waals surface area contributed by atoms with Crippen molar-refractivity contribution in [2.75, 3.05) is 7.11 Å². The molecule has 0 aliphatic carbocycles. The number of benzene rings is 1. The number of methoxy groups -OCH3 is 1. The van der Waals surface area contributed by atoms with E-state index in [-0.39, 0.29) is 11.3 Å². The van der Waals surface area contributed by atoms with E-state index >= 15 is 0 Å². The van der Waals surface area contributed by atoms with Crippen LogP contribution in [0.25, 0.3) is 0 Å². The summed E-state index contributed by atoms with van der Waals surface area (Å²) in [7, 11) is 1.26. The maximum absolute atomic E-state index is 11.8. The highest BCUT2D eigenvalue weighted by molar-refractivity contribution is 9.10. The predicted octanol–water partition coefficient (Wildman–Crippen LogP) is 3.86. The highest BCUT2D eigenvalue weighted by Crippen LogP contribution is 2.32. The maximum atomic E-state index is 11.8. The lowest BCUT2D eigenvalue weighted by Crippen LogP contribution is -2.26. The van der Waals surface area contributed by atoms with Crippen molar-refractivity contribution in [2.24, 2.45) is 0 Å². The van der Waals surface area contributed by atoms with Crippen molar-refractivity contribution in [1.82, 2.24) is 0 Å². The molecule has 0 heterocycles. The van der Waals surface area contributed by atoms with Crippen molar-refractivity contribution in [2.45, 2.75) is 33.3 Å². The number of rotatable bonds is 2. The van der Waals surface area contributed by atoms with Gasteiger partial charge in [-0.25, -0.2) is 9.59 Å². The zero-order valence-electron chi connectivity index (χ0n) is 12.1. The third kappa shape index (κ3) is 4.23. The Morgan fingerprint density at radius 3 is 2.30 bits per heavy atom. The average Bonchev–Trinajstić information content (AvgIpc) is 2.31. The topological polar surface area (TPSA) is 61.8 Å². The van der Waals surface area contributed by atoms with E-state index in [0.29, 0.717) is 10.0 Å². The molecule has 0 atom stereocenters. The van der Waals surface area contributed by atoms with Crippen molar-refractivity contribution in [1.29, 1.82) is 0 Å². The molecule has 0 spiro atoms. The Labute approximate surface area is 126 Å². The third-order valence-electron chi connectivity index (χ3n) is 2.28. The SMILES string of the molecule is COC(=O)c1c(C)ccc(Br)c1OC(=O)OC(C)(C)C. The molecule has 20 heavy (non-hydrogen) atoms. The summed E-state index contributed by atoms with van der Waals surface area (Å²) in [6, 6.07) is 3.40. The Hall–Kier alpha value is -1.56. The van der Waals surface area contributed by atoms with Crippen LogP contribution in [0.4, 0.5) is 4.79 Å². The van der Waals surface area contributed by atoms with E-state index in [0.717, 1.165) is 0 Å². The van der Waals surface area contributed by atoms with Crippen LogP contribution >= 0.6 is 15.9 Å². The molecule has 0 N–H and O–H groups in total. The Morgan fingerprint density at radius 2 is 1.80 bits per heavy atom. The second kappa shape index (κ2) is 6.26. The molecule has 6 heteroatoms. The van der Waals surface area contributed by atoms with Gasteiger partial charge in [-0.05, 0) is 55.3 Å². The van der Waals surface area contributed by atoms with Crippen LogP contribution in [-0.4, -0.2) is 24.8 Å². The number of carbonyl (C=O) groups excluding carboxylic acids is 2. The molecule has 0 amide bonds. The highest BCUT2D eigenvalue weighted by Gasteiger charge is 2.24. The average molecular weight is 345 g/mol. The lowest BCUT2D eigenvalue weighted by Gasteiger charge is -2.20. The molecule has 0 aliphatic rings. The first-order chi connectivity index (χ1) is 9.15. The summed E-state index contributed by atoms with van der Waals surface area (Å²) < 4.78 is 15.4. The summed E-state index contributed by atoms with van der Waals surface area (Å²) in [5.74, 6) is -0.492. The summed E-state index contributed by atoms with van der Waals surface area (Å²) in [6.07, 6.45) is -0.881. The Balaban J connectivity index is 3.14. The van der Waals surface area contributed by atoms with Crippen LogP contribution < -0.4 is 4.74 Å². The third-order valence-corrected chi connectivity index (χ3v) is 2.91. The lowest BCUT2D eigenvalue weighted by molar-refractivity contribution is 0.0201. The minimum atomic E-state index is -0.881. The quantitative estimate of drug-likeness (QED) is 0.602. The van der Waals surface area contributed by atoms with Crippen molar-refractivity contribution in [3.05, 3.63) is 27.7 Å². The van der Waals surface area contributed by atoms with E-state index in [4.69, 9.17) is 14.2 Å². The van der Waals surface area contributed by atoms with Crippen LogP contribution in [0.3, 0.4) is 0 Å². The minimum Gasteiger partial charge on any atom is -0.465 e. The first-order valence-corrected chi connectivity index (χ1v) is 6.73. The van der Waals surface area contributed by atoms with Crippen molar-refractivity contribution in [3.8, 4) is 5.75 Å². The van der Waals surface area contributed by atoms with Gasteiger partial charge >= 0.3 is 12.1 Å². The van der Waals surface area contributed by atoms with Crippen LogP contribution in [0.15, 0.2) is 16.6 Å². The first-order valence-electron chi connectivity index (χ1n) is 5.94. The zero-order chi connectivity index (χ0) is 15.5. The van der Waals surface area contributed by atoms with Crippen LogP contribution in [0.1, 0.15) is 36.7 Å². The Bertz CT molecular complexity index is 531. The normalized spacial score (nSPS) is 10.9. The molecule has 0 bridgehead atoms. The Morgan fingerprint density at radius 1 is 1.20 bits per heavy atom. The first kappa shape index (κ1) is 16.5. The molecule has 0 aliphatic heterocycles. The van der Waals surface area contributed by atoms with Crippen LogP contribution in [0, 0.1) is 6.92 Å². The van der Waals surface area contributed by atoms with Gasteiger partial charge in [0.1, 0.15) is 11.2 Å². The number of hydrogen-bond donors (Lipinski definition) is 0. The second-order valence-electron chi connectivity index (χ2n) is 5.13. The van der Waals surface area contributed by atoms with E-state index in [9.17, 15) is 9.59 Å². The lowest BCUT2D eigenvalue weighted by atomic mass is 10.1. The van der Waals surface area contributed by atoms with Gasteiger partial charge in [-0.2, -0.15) is 0 Å². The number of halogens is 1. The molecule has 1 aromatic carbocycles. The standard InChI is InChI=1S/C14H17BrO5/c1-8-6-7-9(15)11(10(8)12(16)18-5)19-13(17)20-14(2,3)4/h6-7H,1-5H3. The van der Waals surface area contributed by atoms with E-state index in [2.05, 4.69) is 15.9 Å². The molecule has 0 radical (unpaired) electrons. The van der Waals surface area contributed by atoms with Gasteiger partial charge in [-0.1, -0.05) is 6.07 Å². The zero-order valence-corrected chi connectivity index (χ0v) is 13.7. The largest absolute Gasteiger partial charge is 0.514 e. The molecule has 0 saturated carbocycles. The van der Waals surface area contributed by atoms with Crippen LogP contribution in [0.5, 0.6) is 5.75 Å². The molecule has 1 aromatic rings. The van der Waals surface area contributed by atoms with Gasteiger partial charge in [-0.15, -0.1) is 0 Å². The fourth-order valence-corrected chi connectivity index (χ4v) is 1.88. The number of aryl methyl sites for hydroxylation is 1. The summed E-state index contributed by atoms with van der Waals surface area (Å²) in [4.78, 5) is 23.5. The smallest absolute Gasteiger partial charge is 0.465 e. The van der Waals surface area contributed by atoms with E-state index in [1.54, 1.807) is 39.8 Å². The number of ether oxygens (including phenoxy) is 3. The Kier molecular flexibility index (Phi) is 5.16. The number of esters is 1. The van der Waals surface area contributed by atoms with Crippen molar-refractivity contribution in [3.63, 3.8) is 0 Å². The molecular weight excluding hydrogens is 328 g/mol. The minimum absolute atomic E-state index is 0.0890. The van der Waals surface area contributed by atoms with Gasteiger partial charge in [-0.3, -0.25) is 0 Å². The van der Waals surface area contributed by atoms with Crippen LogP contribution in [-0.2, 0) is 9.47 Å². The highest BCUT2D eigenvalue weighted by atomic mass is 79.9. The van der Waals surface area contributed by atoms with Crippen LogP contribution in [0.2, 0.25) is 0 Å². The molecule has 1 rings (SSSR count). The molecule has 0 aromatic heterocycles. The van der Waals surface area contributed by atoms with E-state index in [1.165, 1.54) is 7.11 Å². The van der Waals surface area contributed by atoms with Gasteiger partial charge < -0.3 is 14.2 Å². The number of hydrogen-bond acceptors (Lipinski definition) is 5. The fourth-order valence-electron chi connectivity index (χ4n) is 1.47. The molecule has 5 nitrogen and oxygen atoms in total. The van der Waals surface area contributed by atoms with Gasteiger partial charge in [0.15, 0.2) is 5.75 Å². The number of carbonyl (C=O) groups is 2. The monoisotopic (exact) mass is 344 g/mol. The van der Waals surface area contributed by atoms with Gasteiger partial charge in [0.05, 0.1) is 11.6 Å². The molecule has 110 valence electrons. The fraction of sp³-hybridized carbons (Fsp3) is 0.429. The summed E-state index contributed by atoms with van der Waals surface area (Å²) >= 11 is 3.25. The summed E-state index contributed by atoms with van der Waals surface area (Å²) in [5.41, 5.74) is 0.144. The van der Waals surface area contributed by atoms with E-state index < -0.39 is 17.7 Å². The van der Waals surface area contributed by atoms with E-state index in [1.807, 2.05) is 0 Å². The van der Waals surface area contributed by atoms with Gasteiger partial charge in [0.25, 0.3) is 0 Å². The summed E-state index contributed by atoms with van der Waals surface area (Å²) in [6.45, 7) is 6.89.